The molecule has 8 heteroatoms. The Hall–Kier alpha value is -1.74. The van der Waals surface area contributed by atoms with Crippen molar-refractivity contribution in [2.24, 2.45) is 5.73 Å². The molecular weight excluding hydrogens is 316 g/mol. The van der Waals surface area contributed by atoms with Gasteiger partial charge in [-0.15, -0.1) is 0 Å². The highest BCUT2D eigenvalue weighted by molar-refractivity contribution is 7.93. The average Bonchev–Trinajstić information content (AvgIpc) is 2.87. The van der Waals surface area contributed by atoms with Crippen LogP contribution in [-0.4, -0.2) is 32.5 Å². The average molecular weight is 336 g/mol. The zero-order valence-electron chi connectivity index (χ0n) is 12.7. The van der Waals surface area contributed by atoms with Crippen LogP contribution in [0.2, 0.25) is 0 Å². The summed E-state index contributed by atoms with van der Waals surface area (Å²) in [4.78, 5) is 11.8. The maximum atomic E-state index is 12.7. The number of hydrazine groups is 1. The van der Waals surface area contributed by atoms with E-state index in [9.17, 15) is 13.2 Å². The second-order valence-corrected chi connectivity index (χ2v) is 7.68. The number of carbonyl (C=O) groups excluding carboxylic acids is 1. The molecule has 0 saturated carbocycles. The second kappa shape index (κ2) is 6.04. The molecule has 3 unspecified atom stereocenters. The Morgan fingerprint density at radius 3 is 2.74 bits per heavy atom. The molecule has 0 spiro atoms. The van der Waals surface area contributed by atoms with Crippen LogP contribution < -0.4 is 21.3 Å². The van der Waals surface area contributed by atoms with Crippen molar-refractivity contribution in [3.63, 3.8) is 0 Å². The number of allylic oxidation sites excluding steroid dienone is 1. The Kier molecular flexibility index (Phi) is 4.24. The standard InChI is InChI=1S/C15H20N4O3S/c1-9-13(14(15(16)20)18-17-9)19-23(21,22)12-7-6-10-4-2-3-5-11(10)8-12/h2-5,8-9,13-14,17-19H,6-7H2,1H3,(H2,16,20). The molecule has 1 heterocycles. The van der Waals surface area contributed by atoms with Crippen molar-refractivity contribution in [2.45, 2.75) is 37.9 Å². The van der Waals surface area contributed by atoms with Gasteiger partial charge in [-0.1, -0.05) is 24.3 Å². The van der Waals surface area contributed by atoms with E-state index in [1.807, 2.05) is 24.3 Å². The fraction of sp³-hybridized carbons (Fsp3) is 0.400. The van der Waals surface area contributed by atoms with Crippen LogP contribution in [0.15, 0.2) is 29.2 Å². The first-order chi connectivity index (χ1) is 10.9. The molecule has 5 N–H and O–H groups in total. The topological polar surface area (TPSA) is 113 Å². The van der Waals surface area contributed by atoms with Crippen molar-refractivity contribution in [1.82, 2.24) is 15.6 Å². The lowest BCUT2D eigenvalue weighted by molar-refractivity contribution is -0.120. The van der Waals surface area contributed by atoms with Gasteiger partial charge in [0, 0.05) is 6.04 Å². The summed E-state index contributed by atoms with van der Waals surface area (Å²) < 4.78 is 28.0. The van der Waals surface area contributed by atoms with Gasteiger partial charge < -0.3 is 5.73 Å². The van der Waals surface area contributed by atoms with Gasteiger partial charge in [-0.25, -0.2) is 18.6 Å². The van der Waals surface area contributed by atoms with E-state index in [4.69, 9.17) is 5.73 Å². The zero-order chi connectivity index (χ0) is 16.6. The normalized spacial score (nSPS) is 27.3. The van der Waals surface area contributed by atoms with Gasteiger partial charge in [-0.2, -0.15) is 0 Å². The number of aryl methyl sites for hydroxylation is 1. The van der Waals surface area contributed by atoms with Crippen LogP contribution in [0, 0.1) is 0 Å². The maximum absolute atomic E-state index is 12.7. The van der Waals surface area contributed by atoms with Crippen LogP contribution >= 0.6 is 0 Å². The molecule has 1 fully saturated rings. The van der Waals surface area contributed by atoms with Gasteiger partial charge in [0.05, 0.1) is 10.9 Å². The summed E-state index contributed by atoms with van der Waals surface area (Å²) in [5.74, 6) is -0.600. The first kappa shape index (κ1) is 16.1. The van der Waals surface area contributed by atoms with E-state index in [1.165, 1.54) is 0 Å². The van der Waals surface area contributed by atoms with Gasteiger partial charge in [-0.3, -0.25) is 10.2 Å². The Labute approximate surface area is 135 Å². The van der Waals surface area contributed by atoms with Crippen LogP contribution in [0.5, 0.6) is 0 Å². The number of fused-ring (bicyclic) bond motifs is 1. The summed E-state index contributed by atoms with van der Waals surface area (Å²) in [7, 11) is -3.69. The van der Waals surface area contributed by atoms with Gasteiger partial charge in [0.1, 0.15) is 6.04 Å². The largest absolute Gasteiger partial charge is 0.368 e. The molecule has 1 saturated heterocycles. The lowest BCUT2D eigenvalue weighted by Crippen LogP contribution is -2.53. The molecule has 1 aromatic carbocycles. The minimum Gasteiger partial charge on any atom is -0.368 e. The summed E-state index contributed by atoms with van der Waals surface area (Å²) >= 11 is 0. The molecule has 1 aromatic rings. The molecule has 124 valence electrons. The Morgan fingerprint density at radius 1 is 1.26 bits per heavy atom. The molecule has 3 atom stereocenters. The van der Waals surface area contributed by atoms with Gasteiger partial charge in [0.15, 0.2) is 0 Å². The molecule has 7 nitrogen and oxygen atoms in total. The zero-order valence-corrected chi connectivity index (χ0v) is 13.6. The van der Waals surface area contributed by atoms with E-state index >= 15 is 0 Å². The third-order valence-electron chi connectivity index (χ3n) is 4.32. The lowest BCUT2D eigenvalue weighted by Gasteiger charge is -2.23. The number of hydrogen-bond donors (Lipinski definition) is 4. The summed E-state index contributed by atoms with van der Waals surface area (Å²) in [5, 5.41) is 0. The Balaban J connectivity index is 1.85. The van der Waals surface area contributed by atoms with Crippen LogP contribution in [0.1, 0.15) is 24.5 Å². The lowest BCUT2D eigenvalue weighted by atomic mass is 9.98. The number of hydrogen-bond acceptors (Lipinski definition) is 5. The molecule has 1 aliphatic carbocycles. The van der Waals surface area contributed by atoms with E-state index in [1.54, 1.807) is 13.0 Å². The summed E-state index contributed by atoms with van der Waals surface area (Å²) in [6.07, 6.45) is 2.81. The number of carbonyl (C=O) groups is 1. The monoisotopic (exact) mass is 336 g/mol. The third-order valence-corrected chi connectivity index (χ3v) is 5.91. The Morgan fingerprint density at radius 2 is 2.00 bits per heavy atom. The van der Waals surface area contributed by atoms with Crippen molar-refractivity contribution in [3.8, 4) is 0 Å². The minimum absolute atomic E-state index is 0.251. The van der Waals surface area contributed by atoms with E-state index in [-0.39, 0.29) is 6.04 Å². The van der Waals surface area contributed by atoms with Crippen LogP contribution in [0.4, 0.5) is 0 Å². The number of nitrogens with one attached hydrogen (secondary N) is 3. The maximum Gasteiger partial charge on any atom is 0.237 e. The second-order valence-electron chi connectivity index (χ2n) is 5.91. The van der Waals surface area contributed by atoms with E-state index in [2.05, 4.69) is 15.6 Å². The van der Waals surface area contributed by atoms with Gasteiger partial charge in [0.2, 0.25) is 15.9 Å². The molecule has 0 radical (unpaired) electrons. The predicted octanol–water partition coefficient (Wildman–Crippen LogP) is -0.388. The SMILES string of the molecule is CC1NNC(C(N)=O)C1NS(=O)(=O)C1=Cc2ccccc2CC1. The van der Waals surface area contributed by atoms with E-state index in [0.717, 1.165) is 11.1 Å². The molecule has 23 heavy (non-hydrogen) atoms. The molecule has 2 aliphatic rings. The predicted molar refractivity (Wildman–Crippen MR) is 87.3 cm³/mol. The van der Waals surface area contributed by atoms with Crippen LogP contribution in [0.3, 0.4) is 0 Å². The Bertz CT molecular complexity index is 760. The third kappa shape index (κ3) is 3.16. The van der Waals surface area contributed by atoms with Crippen LogP contribution in [-0.2, 0) is 21.2 Å². The van der Waals surface area contributed by atoms with Crippen molar-refractivity contribution in [1.29, 1.82) is 0 Å². The molecule has 3 rings (SSSR count). The van der Waals surface area contributed by atoms with Crippen molar-refractivity contribution < 1.29 is 13.2 Å². The molecule has 0 bridgehead atoms. The van der Waals surface area contributed by atoms with Crippen molar-refractivity contribution >= 4 is 22.0 Å². The molecule has 0 aromatic heterocycles. The van der Waals surface area contributed by atoms with Gasteiger partial charge >= 0.3 is 0 Å². The molecular formula is C15H20N4O3S. The quantitative estimate of drug-likeness (QED) is 0.598. The van der Waals surface area contributed by atoms with E-state index < -0.39 is 28.0 Å². The highest BCUT2D eigenvalue weighted by Crippen LogP contribution is 2.27. The number of nitrogens with two attached hydrogens (primary N) is 1. The summed E-state index contributed by atoms with van der Waals surface area (Å²) in [5.41, 5.74) is 12.9. The molecule has 1 amide bonds. The molecule has 1 aliphatic heterocycles. The fourth-order valence-electron chi connectivity index (χ4n) is 2.98. The smallest absolute Gasteiger partial charge is 0.237 e. The van der Waals surface area contributed by atoms with Crippen LogP contribution in [0.25, 0.3) is 6.08 Å². The number of rotatable bonds is 4. The highest BCUT2D eigenvalue weighted by atomic mass is 32.2. The van der Waals surface area contributed by atoms with E-state index in [0.29, 0.717) is 17.7 Å². The van der Waals surface area contributed by atoms with Crippen molar-refractivity contribution in [3.05, 3.63) is 40.3 Å². The van der Waals surface area contributed by atoms with Crippen molar-refractivity contribution in [2.75, 3.05) is 0 Å². The fourth-order valence-corrected chi connectivity index (χ4v) is 4.48. The number of amides is 1. The number of sulfonamides is 1. The highest BCUT2D eigenvalue weighted by Gasteiger charge is 2.40. The first-order valence-electron chi connectivity index (χ1n) is 7.49. The number of benzene rings is 1. The van der Waals surface area contributed by atoms with Gasteiger partial charge in [0.25, 0.3) is 0 Å². The van der Waals surface area contributed by atoms with Gasteiger partial charge in [-0.05, 0) is 37.0 Å². The summed E-state index contributed by atoms with van der Waals surface area (Å²) in [6.45, 7) is 1.79. The minimum atomic E-state index is -3.69. The first-order valence-corrected chi connectivity index (χ1v) is 8.98. The summed E-state index contributed by atoms with van der Waals surface area (Å²) in [6, 6.07) is 6.06. The number of primary amides is 1.